The van der Waals surface area contributed by atoms with Gasteiger partial charge in [-0.1, -0.05) is 36.8 Å². The van der Waals surface area contributed by atoms with E-state index >= 15 is 0 Å². The fraction of sp³-hybridized carbons (Fsp3) is 0.455. The third-order valence-electron chi connectivity index (χ3n) is 5.41. The van der Waals surface area contributed by atoms with E-state index in [0.717, 1.165) is 37.4 Å². The Bertz CT molecular complexity index is 743. The number of ether oxygens (including phenoxy) is 2. The number of hydrogen-bond donors (Lipinski definition) is 1. The van der Waals surface area contributed by atoms with Crippen molar-refractivity contribution in [2.75, 3.05) is 20.8 Å². The molecule has 140 valence electrons. The minimum atomic E-state index is 0.0811. The van der Waals surface area contributed by atoms with E-state index in [4.69, 9.17) is 15.2 Å². The highest BCUT2D eigenvalue weighted by Gasteiger charge is 2.32. The SMILES string of the molecule is CCC(N)C1c2cc(OC)c(OC)cc2CCN1Cc1ccc(C)cc1. The van der Waals surface area contributed by atoms with E-state index in [1.807, 2.05) is 0 Å². The fourth-order valence-corrected chi connectivity index (χ4v) is 3.86. The van der Waals surface area contributed by atoms with Gasteiger partial charge in [0.05, 0.1) is 20.3 Å². The van der Waals surface area contributed by atoms with Crippen LogP contribution in [0.5, 0.6) is 11.5 Å². The van der Waals surface area contributed by atoms with Gasteiger partial charge < -0.3 is 15.2 Å². The zero-order chi connectivity index (χ0) is 18.7. The highest BCUT2D eigenvalue weighted by molar-refractivity contribution is 5.50. The predicted octanol–water partition coefficient (Wildman–Crippen LogP) is 3.85. The number of hydrogen-bond acceptors (Lipinski definition) is 4. The molecule has 2 aromatic rings. The molecule has 0 amide bonds. The lowest BCUT2D eigenvalue weighted by molar-refractivity contribution is 0.149. The van der Waals surface area contributed by atoms with Gasteiger partial charge in [-0.2, -0.15) is 0 Å². The summed E-state index contributed by atoms with van der Waals surface area (Å²) in [7, 11) is 3.37. The van der Waals surface area contributed by atoms with E-state index in [1.165, 1.54) is 22.3 Å². The first kappa shape index (κ1) is 18.7. The Morgan fingerprint density at radius 1 is 1.12 bits per heavy atom. The second-order valence-electron chi connectivity index (χ2n) is 7.13. The lowest BCUT2D eigenvalue weighted by Gasteiger charge is -2.40. The molecule has 2 N–H and O–H groups in total. The first-order valence-electron chi connectivity index (χ1n) is 9.37. The van der Waals surface area contributed by atoms with Gasteiger partial charge >= 0.3 is 0 Å². The maximum atomic E-state index is 6.58. The lowest BCUT2D eigenvalue weighted by atomic mass is 9.86. The van der Waals surface area contributed by atoms with Crippen LogP contribution in [0.1, 0.15) is 41.6 Å². The Morgan fingerprint density at radius 3 is 2.38 bits per heavy atom. The molecule has 0 bridgehead atoms. The van der Waals surface area contributed by atoms with E-state index in [2.05, 4.69) is 55.1 Å². The smallest absolute Gasteiger partial charge is 0.161 e. The summed E-state index contributed by atoms with van der Waals surface area (Å²) in [6.07, 6.45) is 1.93. The molecule has 2 atom stereocenters. The normalized spacial score (nSPS) is 18.3. The van der Waals surface area contributed by atoms with Crippen molar-refractivity contribution < 1.29 is 9.47 Å². The highest BCUT2D eigenvalue weighted by Crippen LogP contribution is 2.40. The van der Waals surface area contributed by atoms with Gasteiger partial charge in [-0.05, 0) is 48.6 Å². The fourth-order valence-electron chi connectivity index (χ4n) is 3.86. The van der Waals surface area contributed by atoms with Crippen molar-refractivity contribution in [2.24, 2.45) is 5.73 Å². The van der Waals surface area contributed by atoms with Crippen LogP contribution in [0.25, 0.3) is 0 Å². The summed E-state index contributed by atoms with van der Waals surface area (Å²) in [5.41, 5.74) is 11.8. The summed E-state index contributed by atoms with van der Waals surface area (Å²) in [5.74, 6) is 1.57. The van der Waals surface area contributed by atoms with E-state index in [0.29, 0.717) is 0 Å². The molecule has 1 aliphatic heterocycles. The number of nitrogens with two attached hydrogens (primary N) is 1. The largest absolute Gasteiger partial charge is 0.493 e. The average molecular weight is 354 g/mol. The van der Waals surface area contributed by atoms with Gasteiger partial charge in [0, 0.05) is 19.1 Å². The third-order valence-corrected chi connectivity index (χ3v) is 5.41. The van der Waals surface area contributed by atoms with Gasteiger partial charge in [0.2, 0.25) is 0 Å². The first-order valence-corrected chi connectivity index (χ1v) is 9.37. The van der Waals surface area contributed by atoms with Crippen molar-refractivity contribution in [3.63, 3.8) is 0 Å². The van der Waals surface area contributed by atoms with Crippen molar-refractivity contribution in [1.29, 1.82) is 0 Å². The molecule has 1 aliphatic rings. The van der Waals surface area contributed by atoms with Crippen LogP contribution in [-0.4, -0.2) is 31.7 Å². The molecule has 0 aromatic heterocycles. The summed E-state index contributed by atoms with van der Waals surface area (Å²) < 4.78 is 11.0. The molecule has 2 unspecified atom stereocenters. The number of benzene rings is 2. The molecule has 4 heteroatoms. The highest BCUT2D eigenvalue weighted by atomic mass is 16.5. The first-order chi connectivity index (χ1) is 12.6. The van der Waals surface area contributed by atoms with E-state index in [-0.39, 0.29) is 12.1 Å². The van der Waals surface area contributed by atoms with Crippen LogP contribution < -0.4 is 15.2 Å². The summed E-state index contributed by atoms with van der Waals surface area (Å²) >= 11 is 0. The number of nitrogens with zero attached hydrogens (tertiary/aromatic N) is 1. The van der Waals surface area contributed by atoms with Gasteiger partial charge in [0.15, 0.2) is 11.5 Å². The van der Waals surface area contributed by atoms with Crippen LogP contribution in [0.2, 0.25) is 0 Å². The Labute approximate surface area is 156 Å². The standard InChI is InChI=1S/C22H30N2O2/c1-5-19(23)22-18-13-21(26-4)20(25-3)12-17(18)10-11-24(22)14-16-8-6-15(2)7-9-16/h6-9,12-13,19,22H,5,10-11,14,23H2,1-4H3. The molecule has 0 radical (unpaired) electrons. The van der Waals surface area contributed by atoms with Crippen molar-refractivity contribution in [1.82, 2.24) is 4.90 Å². The molecular weight excluding hydrogens is 324 g/mol. The van der Waals surface area contributed by atoms with Gasteiger partial charge in [-0.15, -0.1) is 0 Å². The molecule has 26 heavy (non-hydrogen) atoms. The van der Waals surface area contributed by atoms with Crippen LogP contribution in [0.15, 0.2) is 36.4 Å². The number of fused-ring (bicyclic) bond motifs is 1. The van der Waals surface area contributed by atoms with Gasteiger partial charge in [0.25, 0.3) is 0 Å². The number of methoxy groups -OCH3 is 2. The predicted molar refractivity (Wildman–Crippen MR) is 106 cm³/mol. The molecule has 0 aliphatic carbocycles. The Balaban J connectivity index is 1.96. The van der Waals surface area contributed by atoms with Crippen LogP contribution in [0, 0.1) is 6.92 Å². The minimum absolute atomic E-state index is 0.0811. The maximum Gasteiger partial charge on any atom is 0.161 e. The van der Waals surface area contributed by atoms with E-state index in [9.17, 15) is 0 Å². The topological polar surface area (TPSA) is 47.7 Å². The second-order valence-corrected chi connectivity index (χ2v) is 7.13. The minimum Gasteiger partial charge on any atom is -0.493 e. The molecule has 3 rings (SSSR count). The lowest BCUT2D eigenvalue weighted by Crippen LogP contribution is -2.44. The Morgan fingerprint density at radius 2 is 1.77 bits per heavy atom. The van der Waals surface area contributed by atoms with Crippen LogP contribution in [0.4, 0.5) is 0 Å². The van der Waals surface area contributed by atoms with Crippen molar-refractivity contribution >= 4 is 0 Å². The van der Waals surface area contributed by atoms with E-state index < -0.39 is 0 Å². The molecule has 4 nitrogen and oxygen atoms in total. The van der Waals surface area contributed by atoms with Crippen molar-refractivity contribution in [3.8, 4) is 11.5 Å². The molecule has 1 heterocycles. The molecule has 0 fully saturated rings. The summed E-state index contributed by atoms with van der Waals surface area (Å²) in [4.78, 5) is 2.51. The monoisotopic (exact) mass is 354 g/mol. The van der Waals surface area contributed by atoms with Gasteiger partial charge in [0.1, 0.15) is 0 Å². The zero-order valence-electron chi connectivity index (χ0n) is 16.3. The van der Waals surface area contributed by atoms with Gasteiger partial charge in [-0.3, -0.25) is 4.90 Å². The molecular formula is C22H30N2O2. The second kappa shape index (κ2) is 8.11. The molecule has 0 spiro atoms. The summed E-state index contributed by atoms with van der Waals surface area (Å²) in [6.45, 7) is 6.18. The van der Waals surface area contributed by atoms with E-state index in [1.54, 1.807) is 14.2 Å². The molecule has 0 saturated heterocycles. The van der Waals surface area contributed by atoms with Crippen LogP contribution in [0.3, 0.4) is 0 Å². The van der Waals surface area contributed by atoms with Gasteiger partial charge in [-0.25, -0.2) is 0 Å². The van der Waals surface area contributed by atoms with Crippen molar-refractivity contribution in [3.05, 3.63) is 58.7 Å². The third kappa shape index (κ3) is 3.71. The average Bonchev–Trinajstić information content (AvgIpc) is 2.67. The maximum absolute atomic E-state index is 6.58. The Hall–Kier alpha value is -2.04. The molecule has 0 saturated carbocycles. The van der Waals surface area contributed by atoms with Crippen LogP contribution >= 0.6 is 0 Å². The Kier molecular flexibility index (Phi) is 5.84. The quantitative estimate of drug-likeness (QED) is 0.856. The number of aryl methyl sites for hydroxylation is 1. The van der Waals surface area contributed by atoms with Crippen molar-refractivity contribution in [2.45, 2.75) is 45.3 Å². The molecule has 2 aromatic carbocycles. The zero-order valence-corrected chi connectivity index (χ0v) is 16.3. The summed E-state index contributed by atoms with van der Waals surface area (Å²) in [5, 5.41) is 0. The number of rotatable bonds is 6. The van der Waals surface area contributed by atoms with Crippen LogP contribution in [-0.2, 0) is 13.0 Å². The summed E-state index contributed by atoms with van der Waals surface area (Å²) in [6, 6.07) is 13.3.